The predicted octanol–water partition coefficient (Wildman–Crippen LogP) is 3.55. The maximum Gasteiger partial charge on any atom is 0.277 e. The molecule has 0 saturated carbocycles. The number of benzene rings is 2. The normalized spacial score (nSPS) is 10.6. The molecule has 2 aromatic carbocycles. The highest BCUT2D eigenvalue weighted by Crippen LogP contribution is 2.37. The molecule has 0 unspecified atom stereocenters. The maximum absolute atomic E-state index is 11.8. The second kappa shape index (κ2) is 9.89. The third kappa shape index (κ3) is 5.67. The number of rotatable bonds is 8. The van der Waals surface area contributed by atoms with Crippen LogP contribution in [-0.2, 0) is 4.79 Å². The quantitative estimate of drug-likeness (QED) is 0.529. The van der Waals surface area contributed by atoms with Crippen LogP contribution in [-0.4, -0.2) is 40.1 Å². The van der Waals surface area contributed by atoms with Gasteiger partial charge in [-0.3, -0.25) is 4.79 Å². The van der Waals surface area contributed by atoms with Gasteiger partial charge in [0.05, 0.1) is 32.6 Å². The van der Waals surface area contributed by atoms with Crippen LogP contribution in [0.25, 0.3) is 0 Å². The largest absolute Gasteiger partial charge is 0.493 e. The van der Waals surface area contributed by atoms with Crippen molar-refractivity contribution in [2.24, 2.45) is 5.10 Å². The lowest BCUT2D eigenvalue weighted by Gasteiger charge is -2.12. The molecule has 2 aromatic rings. The molecule has 0 aliphatic rings. The van der Waals surface area contributed by atoms with Gasteiger partial charge >= 0.3 is 0 Å². The molecule has 1 N–H and O–H groups in total. The second-order valence-electron chi connectivity index (χ2n) is 5.12. The number of nitrogens with one attached hydrogen (secondary N) is 1. The number of carbonyl (C=O) groups excluding carboxylic acids is 1. The molecular weight excluding hydrogens is 395 g/mol. The van der Waals surface area contributed by atoms with E-state index in [2.05, 4.69) is 10.5 Å². The third-order valence-corrected chi connectivity index (χ3v) is 3.87. The first-order valence-corrected chi connectivity index (χ1v) is 8.43. The van der Waals surface area contributed by atoms with Crippen molar-refractivity contribution >= 4 is 35.3 Å². The standard InChI is InChI=1S/C18H18Cl2N2O5/c1-24-15-6-11(7-16(25-2)18(15)26-3)9-21-22-17(23)10-27-14-5-4-12(19)8-13(14)20/h4-9H,10H2,1-3H3,(H,22,23)/b21-9-. The average molecular weight is 413 g/mol. The summed E-state index contributed by atoms with van der Waals surface area (Å²) < 4.78 is 21.1. The number of hydrogen-bond donors (Lipinski definition) is 1. The van der Waals surface area contributed by atoms with Crippen LogP contribution in [0.3, 0.4) is 0 Å². The first-order valence-electron chi connectivity index (χ1n) is 7.68. The van der Waals surface area contributed by atoms with E-state index >= 15 is 0 Å². The molecule has 0 saturated heterocycles. The van der Waals surface area contributed by atoms with Crippen LogP contribution < -0.4 is 24.4 Å². The molecule has 0 aromatic heterocycles. The van der Waals surface area contributed by atoms with Gasteiger partial charge in [-0.05, 0) is 30.3 Å². The highest BCUT2D eigenvalue weighted by atomic mass is 35.5. The molecule has 0 radical (unpaired) electrons. The van der Waals surface area contributed by atoms with Crippen LogP contribution in [0.1, 0.15) is 5.56 Å². The van der Waals surface area contributed by atoms with Crippen LogP contribution in [0.15, 0.2) is 35.4 Å². The topological polar surface area (TPSA) is 78.4 Å². The van der Waals surface area contributed by atoms with Gasteiger partial charge in [-0.2, -0.15) is 5.10 Å². The minimum absolute atomic E-state index is 0.256. The van der Waals surface area contributed by atoms with Crippen LogP contribution in [0.5, 0.6) is 23.0 Å². The fraction of sp³-hybridized carbons (Fsp3) is 0.222. The fourth-order valence-electron chi connectivity index (χ4n) is 2.12. The molecule has 1 amide bonds. The van der Waals surface area contributed by atoms with Crippen molar-refractivity contribution in [3.8, 4) is 23.0 Å². The number of halogens is 2. The average Bonchev–Trinajstić information content (AvgIpc) is 2.66. The Morgan fingerprint density at radius 1 is 1.04 bits per heavy atom. The number of nitrogens with zero attached hydrogens (tertiary/aromatic N) is 1. The number of amides is 1. The van der Waals surface area contributed by atoms with Gasteiger partial charge < -0.3 is 18.9 Å². The zero-order valence-electron chi connectivity index (χ0n) is 14.9. The van der Waals surface area contributed by atoms with E-state index < -0.39 is 5.91 Å². The fourth-order valence-corrected chi connectivity index (χ4v) is 2.59. The molecular formula is C18H18Cl2N2O5. The van der Waals surface area contributed by atoms with E-state index in [9.17, 15) is 4.79 Å². The van der Waals surface area contributed by atoms with Crippen molar-refractivity contribution in [2.45, 2.75) is 0 Å². The Bertz CT molecular complexity index is 817. The molecule has 27 heavy (non-hydrogen) atoms. The Morgan fingerprint density at radius 3 is 2.26 bits per heavy atom. The summed E-state index contributed by atoms with van der Waals surface area (Å²) in [7, 11) is 4.54. The first-order chi connectivity index (χ1) is 13.0. The molecule has 0 bridgehead atoms. The highest BCUT2D eigenvalue weighted by molar-refractivity contribution is 6.35. The van der Waals surface area contributed by atoms with E-state index in [1.54, 1.807) is 24.3 Å². The molecule has 0 aliphatic carbocycles. The Kier molecular flexibility index (Phi) is 7.57. The Balaban J connectivity index is 1.97. The summed E-state index contributed by atoms with van der Waals surface area (Å²) in [6, 6.07) is 8.11. The zero-order valence-corrected chi connectivity index (χ0v) is 16.4. The van der Waals surface area contributed by atoms with Gasteiger partial charge in [0, 0.05) is 10.6 Å². The lowest BCUT2D eigenvalue weighted by Crippen LogP contribution is -2.24. The third-order valence-electron chi connectivity index (χ3n) is 3.34. The van der Waals surface area contributed by atoms with Crippen molar-refractivity contribution in [3.63, 3.8) is 0 Å². The number of hydrogen-bond acceptors (Lipinski definition) is 6. The van der Waals surface area contributed by atoms with Gasteiger partial charge in [-0.1, -0.05) is 23.2 Å². The highest BCUT2D eigenvalue weighted by Gasteiger charge is 2.12. The lowest BCUT2D eigenvalue weighted by atomic mass is 10.2. The van der Waals surface area contributed by atoms with Crippen LogP contribution >= 0.6 is 23.2 Å². The minimum atomic E-state index is -0.454. The number of carbonyl (C=O) groups is 1. The summed E-state index contributed by atoms with van der Waals surface area (Å²) in [4.78, 5) is 11.8. The number of methoxy groups -OCH3 is 3. The Hall–Kier alpha value is -2.64. The van der Waals surface area contributed by atoms with Crippen molar-refractivity contribution in [3.05, 3.63) is 45.9 Å². The predicted molar refractivity (Wildman–Crippen MR) is 104 cm³/mol. The first kappa shape index (κ1) is 20.7. The lowest BCUT2D eigenvalue weighted by molar-refractivity contribution is -0.123. The molecule has 0 spiro atoms. The molecule has 7 nitrogen and oxygen atoms in total. The zero-order chi connectivity index (χ0) is 19.8. The molecule has 9 heteroatoms. The Labute approximate surface area is 166 Å². The second-order valence-corrected chi connectivity index (χ2v) is 5.96. The summed E-state index contributed by atoms with van der Waals surface area (Å²) in [5.74, 6) is 1.32. The van der Waals surface area contributed by atoms with Gasteiger partial charge in [0.2, 0.25) is 5.75 Å². The monoisotopic (exact) mass is 412 g/mol. The van der Waals surface area contributed by atoms with Gasteiger partial charge in [-0.15, -0.1) is 0 Å². The molecule has 0 heterocycles. The van der Waals surface area contributed by atoms with E-state index in [0.717, 1.165) is 0 Å². The summed E-state index contributed by atoms with van der Waals surface area (Å²) in [5, 5.41) is 4.68. The van der Waals surface area contributed by atoms with Crippen molar-refractivity contribution < 1.29 is 23.7 Å². The summed E-state index contributed by atoms with van der Waals surface area (Å²) in [6.07, 6.45) is 1.44. The van der Waals surface area contributed by atoms with E-state index in [0.29, 0.717) is 38.6 Å². The smallest absolute Gasteiger partial charge is 0.277 e. The number of hydrazone groups is 1. The van der Waals surface area contributed by atoms with E-state index in [4.69, 9.17) is 42.1 Å². The molecule has 144 valence electrons. The maximum atomic E-state index is 11.8. The summed E-state index contributed by atoms with van der Waals surface area (Å²) in [6.45, 7) is -0.256. The van der Waals surface area contributed by atoms with Gasteiger partial charge in [0.1, 0.15) is 5.75 Å². The van der Waals surface area contributed by atoms with Crippen molar-refractivity contribution in [1.82, 2.24) is 5.43 Å². The van der Waals surface area contributed by atoms with Crippen LogP contribution in [0.2, 0.25) is 10.0 Å². The van der Waals surface area contributed by atoms with Crippen molar-refractivity contribution in [2.75, 3.05) is 27.9 Å². The van der Waals surface area contributed by atoms with Crippen LogP contribution in [0, 0.1) is 0 Å². The molecule has 0 aliphatic heterocycles. The molecule has 0 fully saturated rings. The van der Waals surface area contributed by atoms with E-state index in [1.807, 2.05) is 0 Å². The molecule has 2 rings (SSSR count). The van der Waals surface area contributed by atoms with Crippen molar-refractivity contribution in [1.29, 1.82) is 0 Å². The Morgan fingerprint density at radius 2 is 1.70 bits per heavy atom. The summed E-state index contributed by atoms with van der Waals surface area (Å²) >= 11 is 11.8. The van der Waals surface area contributed by atoms with Gasteiger partial charge in [-0.25, -0.2) is 5.43 Å². The van der Waals surface area contributed by atoms with Gasteiger partial charge in [0.25, 0.3) is 5.91 Å². The minimum Gasteiger partial charge on any atom is -0.493 e. The number of ether oxygens (including phenoxy) is 4. The van der Waals surface area contributed by atoms with E-state index in [-0.39, 0.29) is 6.61 Å². The SMILES string of the molecule is COc1cc(/C=N\NC(=O)COc2ccc(Cl)cc2Cl)cc(OC)c1OC. The molecule has 0 atom stereocenters. The van der Waals surface area contributed by atoms with Gasteiger partial charge in [0.15, 0.2) is 18.1 Å². The van der Waals surface area contributed by atoms with Crippen LogP contribution in [0.4, 0.5) is 0 Å². The summed E-state index contributed by atoms with van der Waals surface area (Å²) in [5.41, 5.74) is 3.00. The van der Waals surface area contributed by atoms with E-state index in [1.165, 1.54) is 33.6 Å².